The molecule has 1 saturated carbocycles. The molecule has 20 heavy (non-hydrogen) atoms. The van der Waals surface area contributed by atoms with Crippen LogP contribution < -0.4 is 5.32 Å². The Balaban J connectivity index is 2.10. The number of carboxylic acids is 1. The van der Waals surface area contributed by atoms with Gasteiger partial charge in [0, 0.05) is 0 Å². The zero-order chi connectivity index (χ0) is 14.8. The van der Waals surface area contributed by atoms with Gasteiger partial charge < -0.3 is 10.4 Å². The van der Waals surface area contributed by atoms with Gasteiger partial charge in [-0.2, -0.15) is 0 Å². The van der Waals surface area contributed by atoms with Crippen molar-refractivity contribution in [2.75, 3.05) is 0 Å². The number of carbonyl (C=O) groups excluding carboxylic acids is 1. The van der Waals surface area contributed by atoms with Crippen LogP contribution in [0.25, 0.3) is 0 Å². The topological polar surface area (TPSA) is 108 Å². The number of aliphatic carboxylic acids is 1. The number of hydrogen-bond donors (Lipinski definition) is 3. The molecule has 1 aromatic heterocycles. The number of aryl methyl sites for hydroxylation is 1. The van der Waals surface area contributed by atoms with E-state index in [0.29, 0.717) is 24.6 Å². The zero-order valence-electron chi connectivity index (χ0n) is 11.8. The highest BCUT2D eigenvalue weighted by Crippen LogP contribution is 2.34. The van der Waals surface area contributed by atoms with Crippen LogP contribution in [0, 0.1) is 12.8 Å². The Morgan fingerprint density at radius 3 is 2.55 bits per heavy atom. The van der Waals surface area contributed by atoms with Gasteiger partial charge in [-0.1, -0.05) is 13.3 Å². The molecule has 0 bridgehead atoms. The lowest BCUT2D eigenvalue weighted by molar-refractivity contribution is -0.146. The maximum absolute atomic E-state index is 12.1. The van der Waals surface area contributed by atoms with Gasteiger partial charge in [-0.05, 0) is 38.5 Å². The summed E-state index contributed by atoms with van der Waals surface area (Å²) in [5.74, 6) is -0.459. The van der Waals surface area contributed by atoms with Crippen LogP contribution >= 0.6 is 0 Å². The molecule has 7 nitrogen and oxygen atoms in total. The molecule has 1 aromatic rings. The normalized spacial score (nSPS) is 26.2. The molecular weight excluding hydrogens is 260 g/mol. The molecule has 1 aliphatic rings. The van der Waals surface area contributed by atoms with E-state index in [9.17, 15) is 14.7 Å². The molecular formula is C13H20N4O3. The number of nitrogens with zero attached hydrogens (tertiary/aromatic N) is 2. The van der Waals surface area contributed by atoms with E-state index in [1.165, 1.54) is 0 Å². The Hall–Kier alpha value is -1.92. The third-order valence-corrected chi connectivity index (χ3v) is 4.10. The van der Waals surface area contributed by atoms with Crippen molar-refractivity contribution in [2.45, 2.75) is 51.5 Å². The Bertz CT molecular complexity index is 503. The van der Waals surface area contributed by atoms with Crippen LogP contribution in [0.2, 0.25) is 0 Å². The molecule has 1 amide bonds. The predicted molar refractivity (Wildman–Crippen MR) is 71.2 cm³/mol. The molecule has 0 spiro atoms. The third kappa shape index (κ3) is 2.81. The summed E-state index contributed by atoms with van der Waals surface area (Å²) < 4.78 is 0. The Morgan fingerprint density at radius 1 is 1.45 bits per heavy atom. The summed E-state index contributed by atoms with van der Waals surface area (Å²) in [6.07, 6.45) is 3.59. The van der Waals surface area contributed by atoms with Crippen molar-refractivity contribution in [3.05, 3.63) is 11.6 Å². The zero-order valence-corrected chi connectivity index (χ0v) is 11.8. The number of nitrogens with one attached hydrogen (secondary N) is 2. The SMILES string of the molecule is CCC1CCC(NC(=O)c2n[nH]c(C)n2)(C(=O)O)CC1. The molecule has 0 atom stereocenters. The van der Waals surface area contributed by atoms with Crippen LogP contribution in [0.1, 0.15) is 55.5 Å². The van der Waals surface area contributed by atoms with Crippen LogP contribution in [0.4, 0.5) is 0 Å². The molecule has 3 N–H and O–H groups in total. The van der Waals surface area contributed by atoms with E-state index in [0.717, 1.165) is 19.3 Å². The fourth-order valence-corrected chi connectivity index (χ4v) is 2.69. The van der Waals surface area contributed by atoms with Crippen molar-refractivity contribution in [3.63, 3.8) is 0 Å². The molecule has 1 heterocycles. The maximum atomic E-state index is 12.1. The Kier molecular flexibility index (Phi) is 4.06. The largest absolute Gasteiger partial charge is 0.480 e. The number of carbonyl (C=O) groups is 2. The average Bonchev–Trinajstić information content (AvgIpc) is 2.86. The predicted octanol–water partition coefficient (Wildman–Crippen LogP) is 1.27. The summed E-state index contributed by atoms with van der Waals surface area (Å²) in [6.45, 7) is 3.79. The summed E-state index contributed by atoms with van der Waals surface area (Å²) in [7, 11) is 0. The smallest absolute Gasteiger partial charge is 0.329 e. The van der Waals surface area contributed by atoms with Crippen LogP contribution in [0.3, 0.4) is 0 Å². The van der Waals surface area contributed by atoms with E-state index < -0.39 is 17.4 Å². The van der Waals surface area contributed by atoms with Gasteiger partial charge in [-0.25, -0.2) is 9.78 Å². The fraction of sp³-hybridized carbons (Fsp3) is 0.692. The first-order valence-electron chi connectivity index (χ1n) is 6.92. The van der Waals surface area contributed by atoms with Crippen LogP contribution in [-0.2, 0) is 4.79 Å². The third-order valence-electron chi connectivity index (χ3n) is 4.10. The average molecular weight is 280 g/mol. The quantitative estimate of drug-likeness (QED) is 0.769. The first-order chi connectivity index (χ1) is 9.47. The van der Waals surface area contributed by atoms with Gasteiger partial charge in [0.1, 0.15) is 11.4 Å². The molecule has 0 radical (unpaired) electrons. The summed E-state index contributed by atoms with van der Waals surface area (Å²) in [5, 5.41) is 18.4. The van der Waals surface area contributed by atoms with Crippen LogP contribution in [-0.4, -0.2) is 37.7 Å². The fourth-order valence-electron chi connectivity index (χ4n) is 2.69. The molecule has 0 aliphatic heterocycles. The molecule has 2 rings (SSSR count). The Labute approximate surface area is 117 Å². The lowest BCUT2D eigenvalue weighted by Gasteiger charge is -2.36. The Morgan fingerprint density at radius 2 is 2.10 bits per heavy atom. The molecule has 1 aliphatic carbocycles. The van der Waals surface area contributed by atoms with Gasteiger partial charge in [0.25, 0.3) is 5.91 Å². The number of carboxylic acid groups (broad SMARTS) is 1. The van der Waals surface area contributed by atoms with Gasteiger partial charge in [-0.3, -0.25) is 9.89 Å². The van der Waals surface area contributed by atoms with Crippen molar-refractivity contribution in [2.24, 2.45) is 5.92 Å². The van der Waals surface area contributed by atoms with Crippen molar-refractivity contribution in [3.8, 4) is 0 Å². The van der Waals surface area contributed by atoms with E-state index in [4.69, 9.17) is 0 Å². The molecule has 7 heteroatoms. The van der Waals surface area contributed by atoms with Gasteiger partial charge in [0.15, 0.2) is 0 Å². The number of aromatic amines is 1. The minimum atomic E-state index is -1.18. The van der Waals surface area contributed by atoms with Gasteiger partial charge in [-0.15, -0.1) is 5.10 Å². The number of rotatable bonds is 4. The standard InChI is InChI=1S/C13H20N4O3/c1-3-9-4-6-13(7-5-9,12(19)20)15-11(18)10-14-8(2)16-17-10/h9H,3-7H2,1-2H3,(H,15,18)(H,19,20)(H,14,16,17). The lowest BCUT2D eigenvalue weighted by atomic mass is 9.75. The number of amides is 1. The highest BCUT2D eigenvalue weighted by Gasteiger charge is 2.43. The van der Waals surface area contributed by atoms with E-state index >= 15 is 0 Å². The first kappa shape index (κ1) is 14.5. The number of H-pyrrole nitrogens is 1. The van der Waals surface area contributed by atoms with E-state index in [-0.39, 0.29) is 5.82 Å². The van der Waals surface area contributed by atoms with Crippen LogP contribution in [0.5, 0.6) is 0 Å². The summed E-state index contributed by atoms with van der Waals surface area (Å²) >= 11 is 0. The molecule has 1 fully saturated rings. The van der Waals surface area contributed by atoms with Gasteiger partial charge >= 0.3 is 5.97 Å². The molecule has 0 aromatic carbocycles. The second-order valence-corrected chi connectivity index (χ2v) is 5.44. The van der Waals surface area contributed by atoms with Crippen molar-refractivity contribution in [1.82, 2.24) is 20.5 Å². The highest BCUT2D eigenvalue weighted by atomic mass is 16.4. The second-order valence-electron chi connectivity index (χ2n) is 5.44. The van der Waals surface area contributed by atoms with E-state index in [1.54, 1.807) is 6.92 Å². The minimum Gasteiger partial charge on any atom is -0.480 e. The van der Waals surface area contributed by atoms with Crippen molar-refractivity contribution >= 4 is 11.9 Å². The van der Waals surface area contributed by atoms with E-state index in [1.807, 2.05) is 0 Å². The summed E-state index contributed by atoms with van der Waals surface area (Å²) in [5.41, 5.74) is -1.18. The first-order valence-corrected chi connectivity index (χ1v) is 6.92. The summed E-state index contributed by atoms with van der Waals surface area (Å²) in [6, 6.07) is 0. The van der Waals surface area contributed by atoms with E-state index in [2.05, 4.69) is 27.4 Å². The van der Waals surface area contributed by atoms with Crippen molar-refractivity contribution in [1.29, 1.82) is 0 Å². The molecule has 110 valence electrons. The van der Waals surface area contributed by atoms with Gasteiger partial charge in [0.05, 0.1) is 0 Å². The van der Waals surface area contributed by atoms with Crippen molar-refractivity contribution < 1.29 is 14.7 Å². The van der Waals surface area contributed by atoms with Crippen LogP contribution in [0.15, 0.2) is 0 Å². The number of hydrogen-bond acceptors (Lipinski definition) is 4. The minimum absolute atomic E-state index is 0.0132. The maximum Gasteiger partial charge on any atom is 0.329 e. The monoisotopic (exact) mass is 280 g/mol. The lowest BCUT2D eigenvalue weighted by Crippen LogP contribution is -2.56. The second kappa shape index (κ2) is 5.60. The molecule has 0 saturated heterocycles. The summed E-state index contributed by atoms with van der Waals surface area (Å²) in [4.78, 5) is 27.6. The highest BCUT2D eigenvalue weighted by molar-refractivity contribution is 5.95. The molecule has 0 unspecified atom stereocenters. The number of aromatic nitrogens is 3. The van der Waals surface area contributed by atoms with Gasteiger partial charge in [0.2, 0.25) is 5.82 Å².